The second kappa shape index (κ2) is 7.16. The second-order valence-electron chi connectivity index (χ2n) is 7.82. The maximum Gasteiger partial charge on any atom is 0.270 e. The third-order valence-electron chi connectivity index (χ3n) is 4.58. The van der Waals surface area contributed by atoms with Crippen molar-refractivity contribution in [2.45, 2.75) is 32.7 Å². The number of carbonyl (C=O) groups excluding carboxylic acids is 1. The minimum Gasteiger partial charge on any atom is -0.467 e. The average molecular weight is 392 g/mol. The van der Waals surface area contributed by atoms with E-state index in [9.17, 15) is 9.18 Å². The van der Waals surface area contributed by atoms with Gasteiger partial charge in [0.25, 0.3) is 5.91 Å². The van der Waals surface area contributed by atoms with Gasteiger partial charge in [0.1, 0.15) is 17.3 Å². The van der Waals surface area contributed by atoms with E-state index in [1.807, 2.05) is 26.8 Å². The third kappa shape index (κ3) is 3.76. The fourth-order valence-corrected chi connectivity index (χ4v) is 2.99. The summed E-state index contributed by atoms with van der Waals surface area (Å²) in [4.78, 5) is 17.2. The van der Waals surface area contributed by atoms with Crippen LogP contribution in [0.2, 0.25) is 0 Å². The molecular formula is C22H21FN4O2. The van der Waals surface area contributed by atoms with Crippen LogP contribution in [0.15, 0.2) is 59.2 Å². The van der Waals surface area contributed by atoms with Crippen molar-refractivity contribution in [1.82, 2.24) is 19.9 Å². The van der Waals surface area contributed by atoms with E-state index >= 15 is 0 Å². The highest BCUT2D eigenvalue weighted by atomic mass is 19.1. The van der Waals surface area contributed by atoms with Crippen LogP contribution in [0, 0.1) is 5.82 Å². The van der Waals surface area contributed by atoms with Crippen LogP contribution in [0.1, 0.15) is 42.7 Å². The van der Waals surface area contributed by atoms with Gasteiger partial charge in [0.2, 0.25) is 0 Å². The SMILES string of the molecule is CC(C)(C)c1cc2nc(C(=O)NCc3ccco3)cc(-c3ccccc3F)n2n1. The zero-order chi connectivity index (χ0) is 20.6. The molecule has 1 N–H and O–H groups in total. The first-order valence-corrected chi connectivity index (χ1v) is 9.30. The molecule has 1 amide bonds. The number of carbonyl (C=O) groups is 1. The Bertz CT molecular complexity index is 1170. The molecule has 0 aliphatic rings. The van der Waals surface area contributed by atoms with Crippen molar-refractivity contribution < 1.29 is 13.6 Å². The average Bonchev–Trinajstić information content (AvgIpc) is 3.35. The monoisotopic (exact) mass is 392 g/mol. The molecule has 4 aromatic rings. The number of halogens is 1. The van der Waals surface area contributed by atoms with Gasteiger partial charge < -0.3 is 9.73 Å². The number of fused-ring (bicyclic) bond motifs is 1. The summed E-state index contributed by atoms with van der Waals surface area (Å²) in [6.45, 7) is 6.35. The van der Waals surface area contributed by atoms with E-state index in [1.165, 1.54) is 6.07 Å². The van der Waals surface area contributed by atoms with Gasteiger partial charge in [-0.05, 0) is 30.3 Å². The first-order chi connectivity index (χ1) is 13.8. The Kier molecular flexibility index (Phi) is 4.66. The van der Waals surface area contributed by atoms with E-state index in [1.54, 1.807) is 47.2 Å². The molecule has 148 valence electrons. The van der Waals surface area contributed by atoms with Gasteiger partial charge in [-0.25, -0.2) is 13.9 Å². The lowest BCUT2D eigenvalue weighted by atomic mass is 9.93. The largest absolute Gasteiger partial charge is 0.467 e. The summed E-state index contributed by atoms with van der Waals surface area (Å²) in [6.07, 6.45) is 1.54. The maximum absolute atomic E-state index is 14.5. The summed E-state index contributed by atoms with van der Waals surface area (Å²) in [5, 5.41) is 7.41. The molecule has 0 fully saturated rings. The molecule has 0 unspecified atom stereocenters. The molecule has 0 atom stereocenters. The first kappa shape index (κ1) is 18.9. The second-order valence-corrected chi connectivity index (χ2v) is 7.82. The molecule has 29 heavy (non-hydrogen) atoms. The van der Waals surface area contributed by atoms with Crippen molar-refractivity contribution in [3.63, 3.8) is 0 Å². The van der Waals surface area contributed by atoms with Crippen molar-refractivity contribution in [2.75, 3.05) is 0 Å². The predicted molar refractivity (Wildman–Crippen MR) is 107 cm³/mol. The molecule has 4 rings (SSSR count). The van der Waals surface area contributed by atoms with Crippen LogP contribution in [-0.2, 0) is 12.0 Å². The fraction of sp³-hybridized carbons (Fsp3) is 0.227. The molecule has 0 bridgehead atoms. The summed E-state index contributed by atoms with van der Waals surface area (Å²) < 4.78 is 21.4. The first-order valence-electron chi connectivity index (χ1n) is 9.30. The van der Waals surface area contributed by atoms with E-state index in [-0.39, 0.29) is 23.6 Å². The number of nitrogens with zero attached hydrogens (tertiary/aromatic N) is 3. The summed E-state index contributed by atoms with van der Waals surface area (Å²) in [7, 11) is 0. The van der Waals surface area contributed by atoms with Crippen LogP contribution in [0.25, 0.3) is 16.9 Å². The molecule has 3 heterocycles. The Hall–Kier alpha value is -3.48. The van der Waals surface area contributed by atoms with Gasteiger partial charge in [0.05, 0.1) is 24.2 Å². The van der Waals surface area contributed by atoms with Gasteiger partial charge in [-0.2, -0.15) is 5.10 Å². The number of rotatable bonds is 4. The standard InChI is InChI=1S/C22H21FN4O2/c1-22(2,3)19-12-20-25-17(21(28)24-13-14-7-6-10-29-14)11-18(27(20)26-19)15-8-4-5-9-16(15)23/h4-12H,13H2,1-3H3,(H,24,28). The molecule has 0 saturated carbocycles. The number of aromatic nitrogens is 3. The zero-order valence-corrected chi connectivity index (χ0v) is 16.4. The van der Waals surface area contributed by atoms with Crippen molar-refractivity contribution in [2.24, 2.45) is 0 Å². The van der Waals surface area contributed by atoms with E-state index < -0.39 is 5.82 Å². The van der Waals surface area contributed by atoms with E-state index in [2.05, 4.69) is 15.4 Å². The number of amides is 1. The van der Waals surface area contributed by atoms with Crippen LogP contribution < -0.4 is 5.32 Å². The summed E-state index contributed by atoms with van der Waals surface area (Å²) in [6, 6.07) is 13.3. The lowest BCUT2D eigenvalue weighted by Crippen LogP contribution is -2.24. The molecule has 3 aromatic heterocycles. The maximum atomic E-state index is 14.5. The third-order valence-corrected chi connectivity index (χ3v) is 4.58. The van der Waals surface area contributed by atoms with Gasteiger partial charge in [0, 0.05) is 17.0 Å². The summed E-state index contributed by atoms with van der Waals surface area (Å²) in [5.41, 5.74) is 2.06. The van der Waals surface area contributed by atoms with Crippen LogP contribution in [0.5, 0.6) is 0 Å². The Morgan fingerprint density at radius 2 is 1.97 bits per heavy atom. The molecule has 7 heteroatoms. The van der Waals surface area contributed by atoms with Crippen LogP contribution in [0.3, 0.4) is 0 Å². The van der Waals surface area contributed by atoms with E-state index in [0.717, 1.165) is 5.69 Å². The van der Waals surface area contributed by atoms with Crippen molar-refractivity contribution >= 4 is 11.6 Å². The van der Waals surface area contributed by atoms with E-state index in [4.69, 9.17) is 4.42 Å². The normalized spacial score (nSPS) is 11.7. The molecular weight excluding hydrogens is 371 g/mol. The predicted octanol–water partition coefficient (Wildman–Crippen LogP) is 4.36. The minimum atomic E-state index is -0.394. The number of nitrogens with one attached hydrogen (secondary N) is 1. The van der Waals surface area contributed by atoms with Crippen molar-refractivity contribution in [3.8, 4) is 11.3 Å². The number of hydrogen-bond acceptors (Lipinski definition) is 4. The highest BCUT2D eigenvalue weighted by molar-refractivity contribution is 5.93. The Morgan fingerprint density at radius 1 is 1.17 bits per heavy atom. The number of benzene rings is 1. The van der Waals surface area contributed by atoms with E-state index in [0.29, 0.717) is 22.7 Å². The van der Waals surface area contributed by atoms with Crippen LogP contribution >= 0.6 is 0 Å². The van der Waals surface area contributed by atoms with Gasteiger partial charge in [0.15, 0.2) is 5.65 Å². The Labute approximate surface area is 167 Å². The molecule has 0 radical (unpaired) electrons. The quantitative estimate of drug-likeness (QED) is 0.560. The Balaban J connectivity index is 1.81. The number of hydrogen-bond donors (Lipinski definition) is 1. The van der Waals surface area contributed by atoms with Gasteiger partial charge >= 0.3 is 0 Å². The lowest BCUT2D eigenvalue weighted by molar-refractivity contribution is 0.0943. The van der Waals surface area contributed by atoms with Crippen LogP contribution in [0.4, 0.5) is 4.39 Å². The highest BCUT2D eigenvalue weighted by Crippen LogP contribution is 2.27. The molecule has 1 aromatic carbocycles. The zero-order valence-electron chi connectivity index (χ0n) is 16.4. The smallest absolute Gasteiger partial charge is 0.270 e. The molecule has 6 nitrogen and oxygen atoms in total. The summed E-state index contributed by atoms with van der Waals surface area (Å²) >= 11 is 0. The number of furan rings is 1. The topological polar surface area (TPSA) is 72.4 Å². The highest BCUT2D eigenvalue weighted by Gasteiger charge is 2.22. The molecule has 0 saturated heterocycles. The van der Waals surface area contributed by atoms with Crippen molar-refractivity contribution in [1.29, 1.82) is 0 Å². The molecule has 0 spiro atoms. The van der Waals surface area contributed by atoms with Crippen molar-refractivity contribution in [3.05, 3.63) is 77.8 Å². The van der Waals surface area contributed by atoms with Gasteiger partial charge in [-0.3, -0.25) is 4.79 Å². The summed E-state index contributed by atoms with van der Waals surface area (Å²) in [5.74, 6) is -0.136. The lowest BCUT2D eigenvalue weighted by Gasteiger charge is -2.13. The van der Waals surface area contributed by atoms with Gasteiger partial charge in [-0.1, -0.05) is 32.9 Å². The molecule has 0 aliphatic heterocycles. The minimum absolute atomic E-state index is 0.183. The Morgan fingerprint density at radius 3 is 2.66 bits per heavy atom. The van der Waals surface area contributed by atoms with Gasteiger partial charge in [-0.15, -0.1) is 0 Å². The fourth-order valence-electron chi connectivity index (χ4n) is 2.99. The molecule has 0 aliphatic carbocycles. The van der Waals surface area contributed by atoms with Crippen LogP contribution in [-0.4, -0.2) is 20.5 Å².